The molecule has 0 saturated carbocycles. The normalized spacial score (nSPS) is 17.0. The Labute approximate surface area is 178 Å². The standard InChI is InChI=1S/C22H28ClN3OS/c1-15-13-16(2)20(19(23)14-15)25-22(28)24-17(3)21(18-7-5-4-6-8-18)26-9-11-27-12-10-26/h4-8,13-14,17,21H,9-12H2,1-3H3,(H2,24,25,28)/t17-,21-/m0/s1. The van der Waals surface area contributed by atoms with Crippen LogP contribution in [0.25, 0.3) is 0 Å². The van der Waals surface area contributed by atoms with E-state index in [1.807, 2.05) is 26.0 Å². The molecule has 1 fully saturated rings. The number of aryl methyl sites for hydroxylation is 2. The van der Waals surface area contributed by atoms with Gasteiger partial charge in [0.2, 0.25) is 0 Å². The van der Waals surface area contributed by atoms with Gasteiger partial charge in [0.25, 0.3) is 0 Å². The average molecular weight is 418 g/mol. The Balaban J connectivity index is 1.74. The van der Waals surface area contributed by atoms with Crippen molar-refractivity contribution in [2.24, 2.45) is 0 Å². The molecule has 0 aliphatic carbocycles. The summed E-state index contributed by atoms with van der Waals surface area (Å²) in [6.45, 7) is 9.59. The van der Waals surface area contributed by atoms with Gasteiger partial charge in [0.1, 0.15) is 0 Å². The lowest BCUT2D eigenvalue weighted by atomic mass is 9.98. The summed E-state index contributed by atoms with van der Waals surface area (Å²) in [5, 5.41) is 8.03. The lowest BCUT2D eigenvalue weighted by Gasteiger charge is -2.38. The highest BCUT2D eigenvalue weighted by Gasteiger charge is 2.28. The quantitative estimate of drug-likeness (QED) is 0.689. The minimum Gasteiger partial charge on any atom is -0.379 e. The fourth-order valence-electron chi connectivity index (χ4n) is 3.83. The molecule has 2 aromatic carbocycles. The number of nitrogens with one attached hydrogen (secondary N) is 2. The molecule has 2 aromatic rings. The van der Waals surface area contributed by atoms with Crippen molar-refractivity contribution in [2.45, 2.75) is 32.9 Å². The lowest BCUT2D eigenvalue weighted by Crippen LogP contribution is -2.49. The Hall–Kier alpha value is -1.66. The van der Waals surface area contributed by atoms with E-state index < -0.39 is 0 Å². The van der Waals surface area contributed by atoms with Crippen LogP contribution in [0, 0.1) is 13.8 Å². The van der Waals surface area contributed by atoms with Crippen LogP contribution in [-0.2, 0) is 4.74 Å². The highest BCUT2D eigenvalue weighted by molar-refractivity contribution is 7.80. The van der Waals surface area contributed by atoms with Gasteiger partial charge in [-0.3, -0.25) is 4.90 Å². The van der Waals surface area contributed by atoms with Gasteiger partial charge < -0.3 is 15.4 Å². The van der Waals surface area contributed by atoms with Crippen LogP contribution in [0.1, 0.15) is 29.7 Å². The van der Waals surface area contributed by atoms with Crippen LogP contribution >= 0.6 is 23.8 Å². The molecule has 0 radical (unpaired) electrons. The van der Waals surface area contributed by atoms with Gasteiger partial charge in [0.15, 0.2) is 5.11 Å². The maximum Gasteiger partial charge on any atom is 0.171 e. The molecule has 2 N–H and O–H groups in total. The minimum absolute atomic E-state index is 0.116. The largest absolute Gasteiger partial charge is 0.379 e. The van der Waals surface area contributed by atoms with Gasteiger partial charge in [-0.05, 0) is 55.7 Å². The number of thiocarbonyl (C=S) groups is 1. The van der Waals surface area contributed by atoms with Gasteiger partial charge in [-0.25, -0.2) is 0 Å². The van der Waals surface area contributed by atoms with Crippen LogP contribution in [0.4, 0.5) is 5.69 Å². The molecule has 28 heavy (non-hydrogen) atoms. The van der Waals surface area contributed by atoms with Gasteiger partial charge >= 0.3 is 0 Å². The molecule has 1 aliphatic heterocycles. The van der Waals surface area contributed by atoms with Crippen molar-refractivity contribution in [1.82, 2.24) is 10.2 Å². The van der Waals surface area contributed by atoms with Crippen LogP contribution in [0.5, 0.6) is 0 Å². The maximum atomic E-state index is 6.42. The first-order chi connectivity index (χ1) is 13.5. The molecule has 0 aromatic heterocycles. The molecule has 1 saturated heterocycles. The molecule has 150 valence electrons. The number of hydrogen-bond donors (Lipinski definition) is 2. The van der Waals surface area contributed by atoms with Gasteiger partial charge in [0, 0.05) is 19.1 Å². The van der Waals surface area contributed by atoms with Gasteiger partial charge in [0.05, 0.1) is 30.0 Å². The summed E-state index contributed by atoms with van der Waals surface area (Å²) < 4.78 is 5.55. The zero-order chi connectivity index (χ0) is 20.1. The van der Waals surface area contributed by atoms with Crippen LogP contribution in [0.3, 0.4) is 0 Å². The molecule has 1 aliphatic rings. The third-order valence-electron chi connectivity index (χ3n) is 5.08. The van der Waals surface area contributed by atoms with Crippen molar-refractivity contribution in [3.63, 3.8) is 0 Å². The second-order valence-electron chi connectivity index (χ2n) is 7.33. The van der Waals surface area contributed by atoms with Crippen LogP contribution in [0.2, 0.25) is 5.02 Å². The van der Waals surface area contributed by atoms with Crippen molar-refractivity contribution in [3.8, 4) is 0 Å². The lowest BCUT2D eigenvalue weighted by molar-refractivity contribution is 0.0102. The summed E-state index contributed by atoms with van der Waals surface area (Å²) in [6.07, 6.45) is 0. The van der Waals surface area contributed by atoms with E-state index in [1.165, 1.54) is 5.56 Å². The second-order valence-corrected chi connectivity index (χ2v) is 8.15. The van der Waals surface area contributed by atoms with Crippen molar-refractivity contribution in [2.75, 3.05) is 31.6 Å². The average Bonchev–Trinajstić information content (AvgIpc) is 2.66. The van der Waals surface area contributed by atoms with Crippen LogP contribution < -0.4 is 10.6 Å². The van der Waals surface area contributed by atoms with E-state index in [2.05, 4.69) is 52.8 Å². The topological polar surface area (TPSA) is 36.5 Å². The molecule has 0 bridgehead atoms. The fourth-order valence-corrected chi connectivity index (χ4v) is 4.49. The summed E-state index contributed by atoms with van der Waals surface area (Å²) in [4.78, 5) is 2.46. The summed E-state index contributed by atoms with van der Waals surface area (Å²) in [6, 6.07) is 14.9. The molecular formula is C22H28ClN3OS. The molecule has 0 amide bonds. The minimum atomic E-state index is 0.116. The van der Waals surface area contributed by atoms with E-state index in [0.29, 0.717) is 10.1 Å². The SMILES string of the molecule is Cc1cc(C)c(NC(=S)N[C@@H](C)[C@@H](c2ccccc2)N2CCOCC2)c(Cl)c1. The predicted molar refractivity (Wildman–Crippen MR) is 121 cm³/mol. The first-order valence-corrected chi connectivity index (χ1v) is 10.5. The highest BCUT2D eigenvalue weighted by Crippen LogP contribution is 2.28. The van der Waals surface area contributed by atoms with Gasteiger partial charge in [-0.2, -0.15) is 0 Å². The Morgan fingerprint density at radius 3 is 2.46 bits per heavy atom. The number of ether oxygens (including phenoxy) is 1. The van der Waals surface area contributed by atoms with E-state index in [-0.39, 0.29) is 12.1 Å². The molecule has 1 heterocycles. The third-order valence-corrected chi connectivity index (χ3v) is 5.60. The summed E-state index contributed by atoms with van der Waals surface area (Å²) >= 11 is 12.0. The van der Waals surface area contributed by atoms with Gasteiger partial charge in [-0.15, -0.1) is 0 Å². The Bertz CT molecular complexity index is 786. The Morgan fingerprint density at radius 1 is 1.14 bits per heavy atom. The van der Waals surface area contributed by atoms with E-state index >= 15 is 0 Å². The molecule has 2 atom stereocenters. The molecule has 4 nitrogen and oxygen atoms in total. The summed E-state index contributed by atoms with van der Waals surface area (Å²) in [7, 11) is 0. The van der Waals surface area contributed by atoms with Crippen molar-refractivity contribution < 1.29 is 4.74 Å². The first-order valence-electron chi connectivity index (χ1n) is 9.66. The number of benzene rings is 2. The van der Waals surface area contributed by atoms with Crippen molar-refractivity contribution in [3.05, 3.63) is 64.2 Å². The number of morpholine rings is 1. The third kappa shape index (κ3) is 5.23. The molecule has 3 rings (SSSR count). The van der Waals surface area contributed by atoms with E-state index in [0.717, 1.165) is 43.1 Å². The Morgan fingerprint density at radius 2 is 1.82 bits per heavy atom. The smallest absolute Gasteiger partial charge is 0.171 e. The Kier molecular flexibility index (Phi) is 7.30. The monoisotopic (exact) mass is 417 g/mol. The second kappa shape index (κ2) is 9.70. The predicted octanol–water partition coefficient (Wildman–Crippen LogP) is 4.71. The number of anilines is 1. The fraction of sp³-hybridized carbons (Fsp3) is 0.409. The van der Waals surface area contributed by atoms with Crippen LogP contribution in [0.15, 0.2) is 42.5 Å². The molecule has 6 heteroatoms. The number of halogens is 1. The van der Waals surface area contributed by atoms with E-state index in [9.17, 15) is 0 Å². The van der Waals surface area contributed by atoms with Gasteiger partial charge in [-0.1, -0.05) is 48.0 Å². The van der Waals surface area contributed by atoms with E-state index in [1.54, 1.807) is 0 Å². The zero-order valence-electron chi connectivity index (χ0n) is 16.7. The van der Waals surface area contributed by atoms with Crippen molar-refractivity contribution >= 4 is 34.6 Å². The molecular weight excluding hydrogens is 390 g/mol. The first kappa shape index (κ1) is 21.1. The van der Waals surface area contributed by atoms with Crippen molar-refractivity contribution in [1.29, 1.82) is 0 Å². The zero-order valence-corrected chi connectivity index (χ0v) is 18.2. The number of rotatable bonds is 5. The summed E-state index contributed by atoms with van der Waals surface area (Å²) in [5.41, 5.74) is 4.35. The van der Waals surface area contributed by atoms with Crippen LogP contribution in [-0.4, -0.2) is 42.4 Å². The maximum absolute atomic E-state index is 6.42. The molecule has 0 unspecified atom stereocenters. The molecule has 0 spiro atoms. The highest BCUT2D eigenvalue weighted by atomic mass is 35.5. The van der Waals surface area contributed by atoms with E-state index in [4.69, 9.17) is 28.6 Å². The number of hydrogen-bond acceptors (Lipinski definition) is 3. The summed E-state index contributed by atoms with van der Waals surface area (Å²) in [5.74, 6) is 0. The number of nitrogens with zero attached hydrogens (tertiary/aromatic N) is 1.